The minimum absolute atomic E-state index is 0. The molecule has 1 aliphatic heterocycles. The van der Waals surface area contributed by atoms with E-state index in [4.69, 9.17) is 4.52 Å². The highest BCUT2D eigenvalue weighted by Crippen LogP contribution is 2.22. The summed E-state index contributed by atoms with van der Waals surface area (Å²) in [5.41, 5.74) is 1.03. The molecule has 0 saturated heterocycles. The highest BCUT2D eigenvalue weighted by molar-refractivity contribution is 14.0. The summed E-state index contributed by atoms with van der Waals surface area (Å²) in [6.45, 7) is 8.51. The predicted octanol–water partition coefficient (Wildman–Crippen LogP) is 2.86. The van der Waals surface area contributed by atoms with Crippen molar-refractivity contribution in [3.05, 3.63) is 29.7 Å². The van der Waals surface area contributed by atoms with Crippen molar-refractivity contribution in [3.63, 3.8) is 0 Å². The zero-order valence-electron chi connectivity index (χ0n) is 16.3. The molecule has 9 heteroatoms. The number of guanidine groups is 1. The van der Waals surface area contributed by atoms with E-state index in [-0.39, 0.29) is 30.0 Å². The maximum Gasteiger partial charge on any atom is 0.191 e. The molecule has 1 aliphatic rings. The molecule has 3 heterocycles. The van der Waals surface area contributed by atoms with Gasteiger partial charge < -0.3 is 15.2 Å². The van der Waals surface area contributed by atoms with Gasteiger partial charge in [0.25, 0.3) is 0 Å². The van der Waals surface area contributed by atoms with Gasteiger partial charge in [-0.2, -0.15) is 5.10 Å². The van der Waals surface area contributed by atoms with E-state index >= 15 is 0 Å². The molecule has 0 bridgehead atoms. The van der Waals surface area contributed by atoms with Crippen molar-refractivity contribution in [2.45, 2.75) is 71.5 Å². The molecule has 150 valence electrons. The second kappa shape index (κ2) is 10.6. The second-order valence-electron chi connectivity index (χ2n) is 6.66. The minimum atomic E-state index is 0. The number of aromatic nitrogens is 4. The van der Waals surface area contributed by atoms with Crippen LogP contribution in [0.4, 0.5) is 0 Å². The number of aryl methyl sites for hydroxylation is 1. The highest BCUT2D eigenvalue weighted by Gasteiger charge is 2.20. The van der Waals surface area contributed by atoms with Crippen LogP contribution in [0.15, 0.2) is 21.9 Å². The van der Waals surface area contributed by atoms with Crippen molar-refractivity contribution in [1.29, 1.82) is 0 Å². The number of nitrogens with zero attached hydrogens (tertiary/aromatic N) is 5. The Kier molecular flexibility index (Phi) is 8.52. The number of nitrogens with one attached hydrogen (secondary N) is 2. The SMILES string of the molecule is CCNC(=NCc1cc(C(CC)CC)no1)NC1CCc2ncnn2C1.I. The molecule has 0 spiro atoms. The fourth-order valence-corrected chi connectivity index (χ4v) is 3.33. The first-order valence-electron chi connectivity index (χ1n) is 9.60. The maximum atomic E-state index is 5.47. The molecule has 0 saturated carbocycles. The fourth-order valence-electron chi connectivity index (χ4n) is 3.33. The van der Waals surface area contributed by atoms with Crippen molar-refractivity contribution >= 4 is 29.9 Å². The Balaban J connectivity index is 0.00000261. The molecule has 2 aromatic heterocycles. The van der Waals surface area contributed by atoms with Crippen LogP contribution in [0.1, 0.15) is 63.2 Å². The molecule has 0 radical (unpaired) electrons. The lowest BCUT2D eigenvalue weighted by Crippen LogP contribution is -2.47. The Bertz CT molecular complexity index is 723. The third-order valence-electron chi connectivity index (χ3n) is 4.86. The summed E-state index contributed by atoms with van der Waals surface area (Å²) in [6, 6.07) is 2.32. The summed E-state index contributed by atoms with van der Waals surface area (Å²) >= 11 is 0. The van der Waals surface area contributed by atoms with E-state index < -0.39 is 0 Å². The van der Waals surface area contributed by atoms with Gasteiger partial charge in [0.15, 0.2) is 11.7 Å². The van der Waals surface area contributed by atoms with Crippen molar-refractivity contribution < 1.29 is 4.52 Å². The van der Waals surface area contributed by atoms with Gasteiger partial charge >= 0.3 is 0 Å². The van der Waals surface area contributed by atoms with Gasteiger partial charge in [0.1, 0.15) is 18.7 Å². The van der Waals surface area contributed by atoms with Crippen LogP contribution in [0.2, 0.25) is 0 Å². The first-order chi connectivity index (χ1) is 12.7. The number of aliphatic imine (C=N–C) groups is 1. The normalized spacial score (nSPS) is 16.7. The van der Waals surface area contributed by atoms with Crippen molar-refractivity contribution in [1.82, 2.24) is 30.6 Å². The Morgan fingerprint density at radius 3 is 2.93 bits per heavy atom. The lowest BCUT2D eigenvalue weighted by Gasteiger charge is -2.25. The molecule has 0 fully saturated rings. The first kappa shape index (κ1) is 21.6. The van der Waals surface area contributed by atoms with E-state index in [0.717, 1.165) is 62.0 Å². The molecule has 1 atom stereocenters. The van der Waals surface area contributed by atoms with Crippen LogP contribution in [0.3, 0.4) is 0 Å². The molecular formula is C18H30IN7O. The summed E-state index contributed by atoms with van der Waals surface area (Å²) in [6.07, 6.45) is 5.71. The molecule has 27 heavy (non-hydrogen) atoms. The van der Waals surface area contributed by atoms with Gasteiger partial charge in [0.05, 0.1) is 12.2 Å². The monoisotopic (exact) mass is 487 g/mol. The van der Waals surface area contributed by atoms with E-state index in [1.165, 1.54) is 0 Å². The molecular weight excluding hydrogens is 457 g/mol. The Morgan fingerprint density at radius 1 is 1.37 bits per heavy atom. The highest BCUT2D eigenvalue weighted by atomic mass is 127. The van der Waals surface area contributed by atoms with Gasteiger partial charge in [0.2, 0.25) is 0 Å². The molecule has 0 amide bonds. The van der Waals surface area contributed by atoms with Crippen molar-refractivity contribution in [2.24, 2.45) is 4.99 Å². The van der Waals surface area contributed by atoms with Crippen molar-refractivity contribution in [3.8, 4) is 0 Å². The van der Waals surface area contributed by atoms with Gasteiger partial charge in [0, 0.05) is 31.0 Å². The average Bonchev–Trinajstić information content (AvgIpc) is 3.30. The zero-order chi connectivity index (χ0) is 18.4. The summed E-state index contributed by atoms with van der Waals surface area (Å²) in [4.78, 5) is 8.93. The summed E-state index contributed by atoms with van der Waals surface area (Å²) in [7, 11) is 0. The number of rotatable bonds is 7. The molecule has 0 aliphatic carbocycles. The van der Waals surface area contributed by atoms with Crippen LogP contribution >= 0.6 is 24.0 Å². The van der Waals surface area contributed by atoms with Gasteiger partial charge in [-0.15, -0.1) is 24.0 Å². The number of hydrogen-bond donors (Lipinski definition) is 2. The van der Waals surface area contributed by atoms with E-state index in [1.54, 1.807) is 6.33 Å². The standard InChI is InChI=1S/C18H29N7O.HI/c1-4-13(5-2)16-9-15(26-24-16)10-20-18(19-6-3)23-14-7-8-17-21-12-22-25(17)11-14;/h9,12-14H,4-8,10-11H2,1-3H3,(H2,19,20,23);1H. The number of halogens is 1. The van der Waals surface area contributed by atoms with E-state index in [1.807, 2.05) is 10.7 Å². The van der Waals surface area contributed by atoms with E-state index in [9.17, 15) is 0 Å². The van der Waals surface area contributed by atoms with E-state index in [0.29, 0.717) is 12.5 Å². The smallest absolute Gasteiger partial charge is 0.191 e. The molecule has 2 N–H and O–H groups in total. The Hall–Kier alpha value is -1.65. The average molecular weight is 487 g/mol. The molecule has 0 aromatic carbocycles. The van der Waals surface area contributed by atoms with Crippen LogP contribution in [-0.2, 0) is 19.5 Å². The van der Waals surface area contributed by atoms with Crippen LogP contribution < -0.4 is 10.6 Å². The topological polar surface area (TPSA) is 93.2 Å². The largest absolute Gasteiger partial charge is 0.359 e. The Labute approximate surface area is 177 Å². The number of fused-ring (bicyclic) bond motifs is 1. The zero-order valence-corrected chi connectivity index (χ0v) is 18.6. The molecule has 1 unspecified atom stereocenters. The summed E-state index contributed by atoms with van der Waals surface area (Å²) in [5.74, 6) is 3.11. The van der Waals surface area contributed by atoms with Crippen LogP contribution in [0.25, 0.3) is 0 Å². The quantitative estimate of drug-likeness (QED) is 0.355. The minimum Gasteiger partial charge on any atom is -0.359 e. The molecule has 3 rings (SSSR count). The lowest BCUT2D eigenvalue weighted by atomic mass is 9.99. The van der Waals surface area contributed by atoms with Crippen LogP contribution in [0, 0.1) is 0 Å². The van der Waals surface area contributed by atoms with Gasteiger partial charge in [-0.25, -0.2) is 14.7 Å². The van der Waals surface area contributed by atoms with E-state index in [2.05, 4.69) is 51.6 Å². The van der Waals surface area contributed by atoms with Crippen LogP contribution in [0.5, 0.6) is 0 Å². The number of hydrogen-bond acceptors (Lipinski definition) is 5. The fraction of sp³-hybridized carbons (Fsp3) is 0.667. The third-order valence-corrected chi connectivity index (χ3v) is 4.86. The predicted molar refractivity (Wildman–Crippen MR) is 115 cm³/mol. The Morgan fingerprint density at radius 2 is 2.19 bits per heavy atom. The van der Waals surface area contributed by atoms with Crippen molar-refractivity contribution in [2.75, 3.05) is 6.54 Å². The molecule has 8 nitrogen and oxygen atoms in total. The third kappa shape index (κ3) is 5.66. The lowest BCUT2D eigenvalue weighted by molar-refractivity contribution is 0.371. The van der Waals surface area contributed by atoms with Gasteiger partial charge in [-0.1, -0.05) is 19.0 Å². The van der Waals surface area contributed by atoms with Gasteiger partial charge in [-0.05, 0) is 26.2 Å². The van der Waals surface area contributed by atoms with Gasteiger partial charge in [-0.3, -0.25) is 0 Å². The first-order valence-corrected chi connectivity index (χ1v) is 9.60. The van der Waals surface area contributed by atoms with Crippen LogP contribution in [-0.4, -0.2) is 38.5 Å². The summed E-state index contributed by atoms with van der Waals surface area (Å²) < 4.78 is 7.43. The molecule has 2 aromatic rings. The maximum absolute atomic E-state index is 5.47. The summed E-state index contributed by atoms with van der Waals surface area (Å²) in [5, 5.41) is 15.3. The second-order valence-corrected chi connectivity index (χ2v) is 6.66.